The van der Waals surface area contributed by atoms with Gasteiger partial charge in [-0.05, 0) is 40.6 Å². The van der Waals surface area contributed by atoms with Gasteiger partial charge in [-0.1, -0.05) is 12.1 Å². The van der Waals surface area contributed by atoms with Gasteiger partial charge in [-0.15, -0.1) is 0 Å². The predicted octanol–water partition coefficient (Wildman–Crippen LogP) is 2.85. The number of aromatic amines is 1. The molecule has 0 aliphatic heterocycles. The lowest BCUT2D eigenvalue weighted by Gasteiger charge is -2.09. The lowest BCUT2D eigenvalue weighted by molar-refractivity contribution is -0.389. The molecule has 0 unspecified atom stereocenters. The fourth-order valence-corrected chi connectivity index (χ4v) is 2.34. The molecule has 120 valence electrons. The first-order valence-electron chi connectivity index (χ1n) is 6.93. The van der Waals surface area contributed by atoms with E-state index < -0.39 is 16.3 Å². The molecular formula is C16H11FN4O3. The van der Waals surface area contributed by atoms with Crippen LogP contribution >= 0.6 is 0 Å². The molecule has 24 heavy (non-hydrogen) atoms. The van der Waals surface area contributed by atoms with Crippen molar-refractivity contribution in [2.75, 3.05) is 0 Å². The number of aryl methyl sites for hydroxylation is 1. The van der Waals surface area contributed by atoms with Gasteiger partial charge in [-0.3, -0.25) is 4.79 Å². The Kier molecular flexibility index (Phi) is 3.87. The number of H-pyrrole nitrogens is 1. The summed E-state index contributed by atoms with van der Waals surface area (Å²) in [5.41, 5.74) is 0.905. The number of halogens is 1. The molecule has 0 fully saturated rings. The first-order valence-corrected chi connectivity index (χ1v) is 6.93. The van der Waals surface area contributed by atoms with Crippen molar-refractivity contribution >= 4 is 5.82 Å². The Balaban J connectivity index is 2.28. The van der Waals surface area contributed by atoms with Crippen LogP contribution in [0.3, 0.4) is 0 Å². The fourth-order valence-electron chi connectivity index (χ4n) is 2.34. The molecular weight excluding hydrogens is 315 g/mol. The normalized spacial score (nSPS) is 10.6. The number of pyridine rings is 1. The zero-order valence-electron chi connectivity index (χ0n) is 12.5. The van der Waals surface area contributed by atoms with Crippen LogP contribution in [0.15, 0.2) is 47.4 Å². The van der Waals surface area contributed by atoms with E-state index in [1.54, 1.807) is 6.92 Å². The third-order valence-electron chi connectivity index (χ3n) is 3.38. The summed E-state index contributed by atoms with van der Waals surface area (Å²) < 4.78 is 13.1. The van der Waals surface area contributed by atoms with Crippen molar-refractivity contribution in [3.05, 3.63) is 74.7 Å². The average molecular weight is 326 g/mol. The second kappa shape index (κ2) is 5.99. The number of hydrogen-bond acceptors (Lipinski definition) is 5. The van der Waals surface area contributed by atoms with Crippen LogP contribution < -0.4 is 5.56 Å². The number of benzene rings is 1. The molecule has 2 heterocycles. The molecule has 0 aliphatic rings. The van der Waals surface area contributed by atoms with Crippen molar-refractivity contribution < 1.29 is 9.31 Å². The highest BCUT2D eigenvalue weighted by Gasteiger charge is 2.17. The molecule has 0 saturated heterocycles. The minimum atomic E-state index is -0.624. The largest absolute Gasteiger partial charge is 0.364 e. The molecule has 0 saturated carbocycles. The monoisotopic (exact) mass is 326 g/mol. The summed E-state index contributed by atoms with van der Waals surface area (Å²) in [4.78, 5) is 33.3. The highest BCUT2D eigenvalue weighted by molar-refractivity contribution is 5.80. The maximum absolute atomic E-state index is 13.1. The van der Waals surface area contributed by atoms with Gasteiger partial charge in [0.25, 0.3) is 5.56 Å². The molecule has 1 aromatic carbocycles. The first kappa shape index (κ1) is 15.5. The summed E-state index contributed by atoms with van der Waals surface area (Å²) in [6, 6.07) is 8.14. The van der Waals surface area contributed by atoms with E-state index in [0.29, 0.717) is 17.0 Å². The zero-order chi connectivity index (χ0) is 17.3. The lowest BCUT2D eigenvalue weighted by atomic mass is 10.0. The molecule has 2 aromatic heterocycles. The van der Waals surface area contributed by atoms with Crippen LogP contribution in [0.4, 0.5) is 10.2 Å². The smallest absolute Gasteiger partial charge is 0.358 e. The Morgan fingerprint density at radius 1 is 1.17 bits per heavy atom. The van der Waals surface area contributed by atoms with Gasteiger partial charge in [0, 0.05) is 11.6 Å². The molecule has 0 amide bonds. The SMILES string of the molecule is Cc1nc(-c2ccnc([N+](=O)[O-])c2)c(-c2ccc(F)cc2)c(=O)[nH]1. The molecule has 0 bridgehead atoms. The van der Waals surface area contributed by atoms with Gasteiger partial charge >= 0.3 is 5.82 Å². The van der Waals surface area contributed by atoms with Gasteiger partial charge in [0.1, 0.15) is 17.8 Å². The van der Waals surface area contributed by atoms with Gasteiger partial charge in [-0.25, -0.2) is 9.37 Å². The van der Waals surface area contributed by atoms with Crippen LogP contribution in [-0.2, 0) is 0 Å². The van der Waals surface area contributed by atoms with E-state index in [9.17, 15) is 19.3 Å². The minimum absolute atomic E-state index is 0.209. The van der Waals surface area contributed by atoms with E-state index in [0.717, 1.165) is 0 Å². The summed E-state index contributed by atoms with van der Waals surface area (Å²) >= 11 is 0. The van der Waals surface area contributed by atoms with E-state index in [1.165, 1.54) is 42.6 Å². The second-order valence-corrected chi connectivity index (χ2v) is 5.04. The summed E-state index contributed by atoms with van der Waals surface area (Å²) in [7, 11) is 0. The van der Waals surface area contributed by atoms with Crippen molar-refractivity contribution in [2.45, 2.75) is 6.92 Å². The zero-order valence-corrected chi connectivity index (χ0v) is 12.5. The third-order valence-corrected chi connectivity index (χ3v) is 3.38. The van der Waals surface area contributed by atoms with Crippen LogP contribution in [-0.4, -0.2) is 19.9 Å². The second-order valence-electron chi connectivity index (χ2n) is 5.04. The van der Waals surface area contributed by atoms with Gasteiger partial charge in [-0.2, -0.15) is 0 Å². The minimum Gasteiger partial charge on any atom is -0.358 e. The highest BCUT2D eigenvalue weighted by atomic mass is 19.1. The molecule has 8 heteroatoms. The Bertz CT molecular complexity index is 983. The molecule has 0 atom stereocenters. The summed E-state index contributed by atoms with van der Waals surface area (Å²) in [5.74, 6) is -0.422. The highest BCUT2D eigenvalue weighted by Crippen LogP contribution is 2.29. The van der Waals surface area contributed by atoms with E-state index in [4.69, 9.17) is 0 Å². The molecule has 3 rings (SSSR count). The Hall–Kier alpha value is -3.42. The Morgan fingerprint density at radius 3 is 2.54 bits per heavy atom. The van der Waals surface area contributed by atoms with Crippen molar-refractivity contribution in [3.63, 3.8) is 0 Å². The quantitative estimate of drug-likeness (QED) is 0.589. The number of nitrogens with one attached hydrogen (secondary N) is 1. The third kappa shape index (κ3) is 2.89. The van der Waals surface area contributed by atoms with E-state index in [-0.39, 0.29) is 17.1 Å². The molecule has 0 aliphatic carbocycles. The van der Waals surface area contributed by atoms with Gasteiger partial charge in [0.2, 0.25) is 0 Å². The molecule has 0 spiro atoms. The summed E-state index contributed by atoms with van der Waals surface area (Å²) in [6.07, 6.45) is 1.28. The lowest BCUT2D eigenvalue weighted by Crippen LogP contribution is -2.14. The predicted molar refractivity (Wildman–Crippen MR) is 84.9 cm³/mol. The molecule has 3 aromatic rings. The molecule has 1 N–H and O–H groups in total. The van der Waals surface area contributed by atoms with Crippen LogP contribution in [0.2, 0.25) is 0 Å². The number of nitrogens with zero attached hydrogens (tertiary/aromatic N) is 3. The number of hydrogen-bond donors (Lipinski definition) is 1. The van der Waals surface area contributed by atoms with Gasteiger partial charge in [0.05, 0.1) is 11.3 Å². The van der Waals surface area contributed by atoms with Crippen molar-refractivity contribution in [1.82, 2.24) is 15.0 Å². The maximum atomic E-state index is 13.1. The molecule has 7 nitrogen and oxygen atoms in total. The van der Waals surface area contributed by atoms with Gasteiger partial charge in [0.15, 0.2) is 0 Å². The van der Waals surface area contributed by atoms with Crippen LogP contribution in [0.25, 0.3) is 22.4 Å². The van der Waals surface area contributed by atoms with Crippen molar-refractivity contribution in [3.8, 4) is 22.4 Å². The van der Waals surface area contributed by atoms with E-state index in [1.807, 2.05) is 0 Å². The Morgan fingerprint density at radius 2 is 1.88 bits per heavy atom. The van der Waals surface area contributed by atoms with Crippen molar-refractivity contribution in [2.24, 2.45) is 0 Å². The number of aromatic nitrogens is 3. The van der Waals surface area contributed by atoms with E-state index >= 15 is 0 Å². The van der Waals surface area contributed by atoms with Crippen LogP contribution in [0, 0.1) is 22.9 Å². The number of nitro groups is 1. The van der Waals surface area contributed by atoms with Gasteiger partial charge < -0.3 is 15.1 Å². The Labute approximate surface area is 135 Å². The number of rotatable bonds is 3. The van der Waals surface area contributed by atoms with Crippen molar-refractivity contribution in [1.29, 1.82) is 0 Å². The molecule has 0 radical (unpaired) electrons. The summed E-state index contributed by atoms with van der Waals surface area (Å²) in [6.45, 7) is 1.61. The van der Waals surface area contributed by atoms with E-state index in [2.05, 4.69) is 15.0 Å². The topological polar surface area (TPSA) is 102 Å². The fraction of sp³-hybridized carbons (Fsp3) is 0.0625. The standard InChI is InChI=1S/C16H11FN4O3/c1-9-19-15(11-6-7-18-13(8-11)21(23)24)14(16(22)20-9)10-2-4-12(17)5-3-10/h2-8H,1H3,(H,19,20,22). The first-order chi connectivity index (χ1) is 11.5. The maximum Gasteiger partial charge on any atom is 0.364 e. The van der Waals surface area contributed by atoms with Crippen LogP contribution in [0.1, 0.15) is 5.82 Å². The van der Waals surface area contributed by atoms with Crippen LogP contribution in [0.5, 0.6) is 0 Å². The average Bonchev–Trinajstić information content (AvgIpc) is 2.55. The summed E-state index contributed by atoms with van der Waals surface area (Å²) in [5, 5.41) is 10.9.